The molecule has 0 spiro atoms. The highest BCUT2D eigenvalue weighted by molar-refractivity contribution is 5.92. The number of rotatable bonds is 3. The summed E-state index contributed by atoms with van der Waals surface area (Å²) in [5.41, 5.74) is 5.60. The van der Waals surface area contributed by atoms with E-state index in [2.05, 4.69) is 25.5 Å². The fourth-order valence-corrected chi connectivity index (χ4v) is 1.32. The Hall–Kier alpha value is -2.44. The number of anilines is 1. The van der Waals surface area contributed by atoms with Crippen LogP contribution < -0.4 is 11.1 Å². The predicted octanol–water partition coefficient (Wildman–Crippen LogP) is 0.273. The number of amides is 1. The highest BCUT2D eigenvalue weighted by atomic mass is 16.2. The molecule has 0 aliphatic carbocycles. The summed E-state index contributed by atoms with van der Waals surface area (Å²) in [6, 6.07) is 2.82. The van der Waals surface area contributed by atoms with Crippen molar-refractivity contribution in [1.29, 1.82) is 0 Å². The van der Waals surface area contributed by atoms with Gasteiger partial charge in [-0.3, -0.25) is 4.79 Å². The Labute approximate surface area is 97.5 Å². The van der Waals surface area contributed by atoms with Gasteiger partial charge in [-0.1, -0.05) is 0 Å². The third-order valence-corrected chi connectivity index (χ3v) is 2.19. The van der Waals surface area contributed by atoms with E-state index in [0.29, 0.717) is 5.82 Å². The first kappa shape index (κ1) is 11.1. The lowest BCUT2D eigenvalue weighted by Crippen LogP contribution is -2.28. The largest absolute Gasteiger partial charge is 0.382 e. The summed E-state index contributed by atoms with van der Waals surface area (Å²) in [6.45, 7) is 1.82. The minimum Gasteiger partial charge on any atom is -0.382 e. The van der Waals surface area contributed by atoms with Gasteiger partial charge in [-0.2, -0.15) is 0 Å². The number of H-pyrrole nitrogens is 1. The van der Waals surface area contributed by atoms with Crippen molar-refractivity contribution in [1.82, 2.24) is 25.5 Å². The lowest BCUT2D eigenvalue weighted by Gasteiger charge is -2.10. The van der Waals surface area contributed by atoms with Crippen molar-refractivity contribution >= 4 is 11.7 Å². The molecule has 7 nitrogen and oxygen atoms in total. The number of hydrogen-bond donors (Lipinski definition) is 3. The topological polar surface area (TPSA) is 110 Å². The van der Waals surface area contributed by atoms with E-state index in [1.807, 2.05) is 6.92 Å². The van der Waals surface area contributed by atoms with E-state index in [-0.39, 0.29) is 23.5 Å². The Kier molecular flexibility index (Phi) is 2.99. The molecule has 1 amide bonds. The molecular formula is C10H12N6O. The Morgan fingerprint density at radius 3 is 2.88 bits per heavy atom. The van der Waals surface area contributed by atoms with E-state index >= 15 is 0 Å². The van der Waals surface area contributed by atoms with Gasteiger partial charge in [-0.05, 0) is 19.1 Å². The highest BCUT2D eigenvalue weighted by Crippen LogP contribution is 2.06. The van der Waals surface area contributed by atoms with Gasteiger partial charge in [-0.15, -0.1) is 10.2 Å². The third-order valence-electron chi connectivity index (χ3n) is 2.19. The number of carbonyl (C=O) groups is 1. The summed E-state index contributed by atoms with van der Waals surface area (Å²) < 4.78 is 0. The molecule has 7 heteroatoms. The molecule has 0 aliphatic rings. The predicted molar refractivity (Wildman–Crippen MR) is 60.9 cm³/mol. The van der Waals surface area contributed by atoms with Gasteiger partial charge in [0.05, 0.1) is 6.04 Å². The standard InChI is InChI=1S/C10H12N6O/c1-6(9-12-4-5-13-9)14-10(17)7-2-3-8(11)16-15-7/h2-6H,1H3,(H2,11,16)(H,12,13)(H,14,17). The van der Waals surface area contributed by atoms with Crippen LogP contribution in [0.3, 0.4) is 0 Å². The molecule has 1 atom stereocenters. The van der Waals surface area contributed by atoms with Crippen LogP contribution in [-0.4, -0.2) is 26.1 Å². The van der Waals surface area contributed by atoms with E-state index in [1.165, 1.54) is 12.1 Å². The van der Waals surface area contributed by atoms with Crippen LogP contribution in [0.5, 0.6) is 0 Å². The molecule has 4 N–H and O–H groups in total. The van der Waals surface area contributed by atoms with Gasteiger partial charge in [0, 0.05) is 12.4 Å². The number of nitrogens with two attached hydrogens (primary N) is 1. The number of imidazole rings is 1. The zero-order valence-electron chi connectivity index (χ0n) is 9.21. The summed E-state index contributed by atoms with van der Waals surface area (Å²) in [5.74, 6) is 0.642. The maximum atomic E-state index is 11.8. The quantitative estimate of drug-likeness (QED) is 0.703. The van der Waals surface area contributed by atoms with Crippen LogP contribution in [0.15, 0.2) is 24.5 Å². The fourth-order valence-electron chi connectivity index (χ4n) is 1.32. The molecule has 0 fully saturated rings. The molecule has 1 unspecified atom stereocenters. The Morgan fingerprint density at radius 2 is 2.29 bits per heavy atom. The van der Waals surface area contributed by atoms with Crippen molar-refractivity contribution in [2.75, 3.05) is 5.73 Å². The lowest BCUT2D eigenvalue weighted by molar-refractivity contribution is 0.0932. The van der Waals surface area contributed by atoms with Crippen LogP contribution in [0, 0.1) is 0 Å². The minimum absolute atomic E-state index is 0.220. The smallest absolute Gasteiger partial charge is 0.272 e. The van der Waals surface area contributed by atoms with Crippen molar-refractivity contribution in [3.05, 3.63) is 36.0 Å². The number of aromatic amines is 1. The lowest BCUT2D eigenvalue weighted by atomic mass is 10.3. The number of nitrogen functional groups attached to an aromatic ring is 1. The molecule has 0 radical (unpaired) electrons. The molecule has 2 aromatic heterocycles. The Balaban J connectivity index is 2.04. The average Bonchev–Trinajstić information content (AvgIpc) is 2.83. The monoisotopic (exact) mass is 232 g/mol. The van der Waals surface area contributed by atoms with Crippen molar-refractivity contribution in [3.8, 4) is 0 Å². The molecule has 0 aromatic carbocycles. The van der Waals surface area contributed by atoms with Crippen molar-refractivity contribution in [3.63, 3.8) is 0 Å². The fraction of sp³-hybridized carbons (Fsp3) is 0.200. The molecule has 2 heterocycles. The van der Waals surface area contributed by atoms with Crippen LogP contribution in [-0.2, 0) is 0 Å². The number of nitrogens with one attached hydrogen (secondary N) is 2. The first-order chi connectivity index (χ1) is 8.16. The minimum atomic E-state index is -0.318. The molecule has 88 valence electrons. The third kappa shape index (κ3) is 2.57. The summed E-state index contributed by atoms with van der Waals surface area (Å²) in [6.07, 6.45) is 3.32. The molecular weight excluding hydrogens is 220 g/mol. The Morgan fingerprint density at radius 1 is 1.47 bits per heavy atom. The van der Waals surface area contributed by atoms with Crippen LogP contribution in [0.2, 0.25) is 0 Å². The summed E-state index contributed by atoms with van der Waals surface area (Å²) in [7, 11) is 0. The molecule has 17 heavy (non-hydrogen) atoms. The SMILES string of the molecule is CC(NC(=O)c1ccc(N)nn1)c1ncc[nH]1. The van der Waals surface area contributed by atoms with Gasteiger partial charge >= 0.3 is 0 Å². The normalized spacial score (nSPS) is 12.1. The average molecular weight is 232 g/mol. The first-order valence-corrected chi connectivity index (χ1v) is 5.06. The maximum absolute atomic E-state index is 11.8. The van der Waals surface area contributed by atoms with Crippen LogP contribution >= 0.6 is 0 Å². The maximum Gasteiger partial charge on any atom is 0.272 e. The van der Waals surface area contributed by atoms with E-state index in [9.17, 15) is 4.79 Å². The number of hydrogen-bond acceptors (Lipinski definition) is 5. The van der Waals surface area contributed by atoms with E-state index in [1.54, 1.807) is 12.4 Å². The van der Waals surface area contributed by atoms with Gasteiger partial charge in [0.15, 0.2) is 5.69 Å². The zero-order valence-corrected chi connectivity index (χ0v) is 9.21. The highest BCUT2D eigenvalue weighted by Gasteiger charge is 2.14. The van der Waals surface area contributed by atoms with Gasteiger partial charge in [-0.25, -0.2) is 4.98 Å². The van der Waals surface area contributed by atoms with Gasteiger partial charge in [0.1, 0.15) is 11.6 Å². The van der Waals surface area contributed by atoms with Gasteiger partial charge in [0.25, 0.3) is 5.91 Å². The van der Waals surface area contributed by atoms with Crippen molar-refractivity contribution < 1.29 is 4.79 Å². The number of carbonyl (C=O) groups excluding carboxylic acids is 1. The van der Waals surface area contributed by atoms with Crippen LogP contribution in [0.25, 0.3) is 0 Å². The summed E-state index contributed by atoms with van der Waals surface area (Å²) in [4.78, 5) is 18.7. The van der Waals surface area contributed by atoms with E-state index < -0.39 is 0 Å². The molecule has 0 saturated carbocycles. The van der Waals surface area contributed by atoms with E-state index in [4.69, 9.17) is 5.73 Å². The molecule has 0 saturated heterocycles. The summed E-state index contributed by atoms with van der Waals surface area (Å²) in [5, 5.41) is 10.1. The second-order valence-electron chi connectivity index (χ2n) is 3.51. The van der Waals surface area contributed by atoms with E-state index in [0.717, 1.165) is 0 Å². The van der Waals surface area contributed by atoms with Crippen molar-refractivity contribution in [2.45, 2.75) is 13.0 Å². The molecule has 0 bridgehead atoms. The van der Waals surface area contributed by atoms with Crippen LogP contribution in [0.1, 0.15) is 29.3 Å². The number of aromatic nitrogens is 4. The second-order valence-corrected chi connectivity index (χ2v) is 3.51. The van der Waals surface area contributed by atoms with Gasteiger partial charge < -0.3 is 16.0 Å². The van der Waals surface area contributed by atoms with Gasteiger partial charge in [0.2, 0.25) is 0 Å². The summed E-state index contributed by atoms with van der Waals surface area (Å²) >= 11 is 0. The Bertz CT molecular complexity index is 492. The van der Waals surface area contributed by atoms with Crippen LogP contribution in [0.4, 0.5) is 5.82 Å². The molecule has 2 aromatic rings. The first-order valence-electron chi connectivity index (χ1n) is 5.06. The second kappa shape index (κ2) is 4.60. The van der Waals surface area contributed by atoms with Crippen molar-refractivity contribution in [2.24, 2.45) is 0 Å². The molecule has 2 rings (SSSR count). The number of nitrogens with zero attached hydrogens (tertiary/aromatic N) is 3. The zero-order chi connectivity index (χ0) is 12.3. The molecule has 0 aliphatic heterocycles.